The maximum atomic E-state index is 11.1. The van der Waals surface area contributed by atoms with E-state index in [1.165, 1.54) is 0 Å². The molecule has 0 spiro atoms. The number of amides is 1. The van der Waals surface area contributed by atoms with Gasteiger partial charge in [-0.05, 0) is 19.9 Å². The highest BCUT2D eigenvalue weighted by Crippen LogP contribution is 2.30. The Hall–Kier alpha value is -1.89. The fourth-order valence-electron chi connectivity index (χ4n) is 1.81. The van der Waals surface area contributed by atoms with Gasteiger partial charge in [0, 0.05) is 11.4 Å². The molecule has 0 radical (unpaired) electrons. The number of aromatic nitrogens is 2. The number of likely N-dealkylation sites (N-methyl/N-ethyl adjacent to an activating group) is 1. The fraction of sp³-hybridized carbons (Fsp3) is 0.364. The van der Waals surface area contributed by atoms with Crippen LogP contribution in [0.3, 0.4) is 0 Å². The van der Waals surface area contributed by atoms with Gasteiger partial charge in [-0.15, -0.1) is 11.3 Å². The van der Waals surface area contributed by atoms with Crippen LogP contribution in [0.15, 0.2) is 6.07 Å². The van der Waals surface area contributed by atoms with E-state index < -0.39 is 5.91 Å². The summed E-state index contributed by atoms with van der Waals surface area (Å²) < 4.78 is 0. The summed E-state index contributed by atoms with van der Waals surface area (Å²) in [6.45, 7) is 4.68. The molecule has 0 aliphatic carbocycles. The van der Waals surface area contributed by atoms with Crippen LogP contribution in [-0.4, -0.2) is 29.0 Å². The monoisotopic (exact) mass is 265 g/mol. The second-order valence-corrected chi connectivity index (χ2v) is 5.20. The zero-order chi connectivity index (χ0) is 13.3. The molecule has 2 heterocycles. The van der Waals surface area contributed by atoms with Crippen LogP contribution in [0, 0.1) is 6.92 Å². The fourth-order valence-corrected chi connectivity index (χ4v) is 2.69. The number of thiophene rings is 1. The Balaban J connectivity index is 2.56. The van der Waals surface area contributed by atoms with E-state index in [9.17, 15) is 4.79 Å². The summed E-state index contributed by atoms with van der Waals surface area (Å²) in [7, 11) is 0. The number of fused-ring (bicyclic) bond motifs is 1. The number of nitrogens with two attached hydrogens (primary N) is 2. The maximum Gasteiger partial charge on any atom is 0.236 e. The van der Waals surface area contributed by atoms with E-state index in [0.29, 0.717) is 12.4 Å². The minimum atomic E-state index is -0.394. The summed E-state index contributed by atoms with van der Waals surface area (Å²) in [5.74, 6) is 0.486. The Morgan fingerprint density at radius 1 is 1.50 bits per heavy atom. The molecule has 0 unspecified atom stereocenters. The Morgan fingerprint density at radius 3 is 2.83 bits per heavy atom. The number of hydrogen-bond acceptors (Lipinski definition) is 6. The van der Waals surface area contributed by atoms with Crippen LogP contribution >= 0.6 is 11.3 Å². The quantitative estimate of drug-likeness (QED) is 0.855. The zero-order valence-electron chi connectivity index (χ0n) is 10.3. The highest BCUT2D eigenvalue weighted by atomic mass is 32.1. The number of carbonyl (C=O) groups excluding carboxylic acids is 1. The summed E-state index contributed by atoms with van der Waals surface area (Å²) in [5.41, 5.74) is 10.9. The Labute approximate surface area is 109 Å². The lowest BCUT2D eigenvalue weighted by atomic mass is 10.3. The summed E-state index contributed by atoms with van der Waals surface area (Å²) >= 11 is 1.55. The minimum absolute atomic E-state index is 0.122. The molecule has 0 bridgehead atoms. The van der Waals surface area contributed by atoms with Crippen LogP contribution in [0.25, 0.3) is 10.2 Å². The minimum Gasteiger partial charge on any atom is -0.368 e. The molecule has 0 atom stereocenters. The molecule has 0 aliphatic rings. The molecule has 18 heavy (non-hydrogen) atoms. The number of carbonyl (C=O) groups is 1. The lowest BCUT2D eigenvalue weighted by Crippen LogP contribution is -2.34. The second kappa shape index (κ2) is 4.77. The van der Waals surface area contributed by atoms with Crippen molar-refractivity contribution >= 4 is 39.2 Å². The van der Waals surface area contributed by atoms with Crippen LogP contribution in [-0.2, 0) is 4.79 Å². The number of primary amides is 1. The average molecular weight is 265 g/mol. The first-order chi connectivity index (χ1) is 8.51. The molecule has 7 heteroatoms. The Morgan fingerprint density at radius 2 is 2.22 bits per heavy atom. The van der Waals surface area contributed by atoms with Crippen molar-refractivity contribution < 1.29 is 4.79 Å². The molecule has 0 aromatic carbocycles. The van der Waals surface area contributed by atoms with E-state index in [-0.39, 0.29) is 12.5 Å². The molecule has 6 nitrogen and oxygen atoms in total. The molecule has 2 aromatic rings. The smallest absolute Gasteiger partial charge is 0.236 e. The summed E-state index contributed by atoms with van der Waals surface area (Å²) in [4.78, 5) is 23.3. The molecular formula is C11H15N5OS. The first-order valence-electron chi connectivity index (χ1n) is 5.58. The predicted molar refractivity (Wildman–Crippen MR) is 73.6 cm³/mol. The second-order valence-electron chi connectivity index (χ2n) is 3.96. The van der Waals surface area contributed by atoms with Crippen molar-refractivity contribution in [3.63, 3.8) is 0 Å². The van der Waals surface area contributed by atoms with Gasteiger partial charge in [0.1, 0.15) is 10.6 Å². The van der Waals surface area contributed by atoms with Crippen molar-refractivity contribution in [3.05, 3.63) is 10.9 Å². The van der Waals surface area contributed by atoms with Crippen LogP contribution in [0.1, 0.15) is 11.8 Å². The van der Waals surface area contributed by atoms with Gasteiger partial charge in [-0.2, -0.15) is 4.98 Å². The summed E-state index contributed by atoms with van der Waals surface area (Å²) in [6, 6.07) is 2.00. The van der Waals surface area contributed by atoms with Gasteiger partial charge in [0.05, 0.1) is 11.9 Å². The number of hydrogen-bond donors (Lipinski definition) is 2. The van der Waals surface area contributed by atoms with E-state index >= 15 is 0 Å². The lowest BCUT2D eigenvalue weighted by molar-refractivity contribution is -0.116. The van der Waals surface area contributed by atoms with Crippen molar-refractivity contribution in [1.29, 1.82) is 0 Å². The maximum absolute atomic E-state index is 11.1. The van der Waals surface area contributed by atoms with Crippen molar-refractivity contribution in [2.24, 2.45) is 5.73 Å². The zero-order valence-corrected chi connectivity index (χ0v) is 11.1. The van der Waals surface area contributed by atoms with E-state index in [4.69, 9.17) is 11.5 Å². The largest absolute Gasteiger partial charge is 0.368 e. The molecule has 96 valence electrons. The standard InChI is InChI=1S/C11H15N5OS/c1-3-16(5-8(12)17)9-7-4-6(2)18-10(7)15-11(13)14-9/h4H,3,5H2,1-2H3,(H2,12,17)(H2,13,14,15). The normalized spacial score (nSPS) is 10.8. The van der Waals surface area contributed by atoms with Gasteiger partial charge in [0.15, 0.2) is 0 Å². The van der Waals surface area contributed by atoms with E-state index in [2.05, 4.69) is 9.97 Å². The molecular weight excluding hydrogens is 250 g/mol. The van der Waals surface area contributed by atoms with Crippen molar-refractivity contribution in [1.82, 2.24) is 9.97 Å². The molecule has 1 amide bonds. The van der Waals surface area contributed by atoms with Crippen molar-refractivity contribution in [2.45, 2.75) is 13.8 Å². The van der Waals surface area contributed by atoms with Gasteiger partial charge in [-0.3, -0.25) is 4.79 Å². The summed E-state index contributed by atoms with van der Waals surface area (Å²) in [6.07, 6.45) is 0. The molecule has 0 saturated heterocycles. The van der Waals surface area contributed by atoms with Gasteiger partial charge in [0.2, 0.25) is 11.9 Å². The first-order valence-corrected chi connectivity index (χ1v) is 6.39. The number of nitrogen functional groups attached to an aromatic ring is 1. The first kappa shape index (κ1) is 12.6. The highest BCUT2D eigenvalue weighted by molar-refractivity contribution is 7.18. The molecule has 0 fully saturated rings. The van der Waals surface area contributed by atoms with E-state index in [1.54, 1.807) is 16.2 Å². The third-order valence-electron chi connectivity index (χ3n) is 2.54. The van der Waals surface area contributed by atoms with Gasteiger partial charge in [-0.1, -0.05) is 0 Å². The number of rotatable bonds is 4. The van der Waals surface area contributed by atoms with Crippen LogP contribution in [0.2, 0.25) is 0 Å². The van der Waals surface area contributed by atoms with E-state index in [1.807, 2.05) is 19.9 Å². The molecule has 0 aliphatic heterocycles. The van der Waals surface area contributed by atoms with Crippen LogP contribution < -0.4 is 16.4 Å². The predicted octanol–water partition coefficient (Wildman–Crippen LogP) is 0.894. The molecule has 4 N–H and O–H groups in total. The topological polar surface area (TPSA) is 98.1 Å². The lowest BCUT2D eigenvalue weighted by Gasteiger charge is -2.20. The van der Waals surface area contributed by atoms with Crippen molar-refractivity contribution in [3.8, 4) is 0 Å². The van der Waals surface area contributed by atoms with Crippen LogP contribution in [0.4, 0.5) is 11.8 Å². The van der Waals surface area contributed by atoms with Gasteiger partial charge < -0.3 is 16.4 Å². The van der Waals surface area contributed by atoms with Crippen LogP contribution in [0.5, 0.6) is 0 Å². The Bertz CT molecular complexity index is 594. The third-order valence-corrected chi connectivity index (χ3v) is 3.49. The number of aryl methyl sites for hydroxylation is 1. The summed E-state index contributed by atoms with van der Waals surface area (Å²) in [5, 5.41) is 0.912. The highest BCUT2D eigenvalue weighted by Gasteiger charge is 2.16. The van der Waals surface area contributed by atoms with Gasteiger partial charge in [0.25, 0.3) is 0 Å². The molecule has 0 saturated carbocycles. The van der Waals surface area contributed by atoms with Crippen molar-refractivity contribution in [2.75, 3.05) is 23.7 Å². The number of anilines is 2. The van der Waals surface area contributed by atoms with Gasteiger partial charge in [-0.25, -0.2) is 4.98 Å². The van der Waals surface area contributed by atoms with Gasteiger partial charge >= 0.3 is 0 Å². The SMILES string of the molecule is CCN(CC(N)=O)c1nc(N)nc2sc(C)cc12. The molecule has 2 rings (SSSR count). The average Bonchev–Trinajstić information content (AvgIpc) is 2.64. The Kier molecular flexibility index (Phi) is 3.33. The third kappa shape index (κ3) is 2.35. The number of nitrogens with zero attached hydrogens (tertiary/aromatic N) is 3. The van der Waals surface area contributed by atoms with E-state index in [0.717, 1.165) is 15.1 Å². The molecule has 2 aromatic heterocycles.